The van der Waals surface area contributed by atoms with E-state index in [0.717, 1.165) is 12.1 Å². The highest BCUT2D eigenvalue weighted by atomic mass is 32.2. The highest BCUT2D eigenvalue weighted by molar-refractivity contribution is 7.99. The lowest BCUT2D eigenvalue weighted by molar-refractivity contribution is 0.0134. The minimum Gasteiger partial charge on any atom is -0.382 e. The SMILES string of the molecule is CS[C@@H](C)[C@](O)(Cn1cncn1)c1ccc(F)cc1F. The number of aromatic nitrogens is 3. The zero-order valence-electron chi connectivity index (χ0n) is 11.1. The topological polar surface area (TPSA) is 50.9 Å². The van der Waals surface area contributed by atoms with Gasteiger partial charge in [0.2, 0.25) is 0 Å². The van der Waals surface area contributed by atoms with E-state index in [-0.39, 0.29) is 17.4 Å². The number of thioether (sulfide) groups is 1. The molecule has 4 nitrogen and oxygen atoms in total. The van der Waals surface area contributed by atoms with E-state index >= 15 is 0 Å². The minimum absolute atomic E-state index is 0.0392. The average Bonchev–Trinajstić information content (AvgIpc) is 2.90. The average molecular weight is 299 g/mol. The molecule has 108 valence electrons. The molecule has 0 bridgehead atoms. The van der Waals surface area contributed by atoms with Crippen LogP contribution in [-0.4, -0.2) is 31.4 Å². The van der Waals surface area contributed by atoms with Gasteiger partial charge in [0.15, 0.2) is 0 Å². The molecule has 2 aromatic rings. The molecule has 1 heterocycles. The third kappa shape index (κ3) is 2.83. The molecule has 0 saturated carbocycles. The molecule has 0 aliphatic carbocycles. The second-order valence-corrected chi connectivity index (χ2v) is 5.70. The van der Waals surface area contributed by atoms with Crippen LogP contribution in [0.25, 0.3) is 0 Å². The normalized spacial score (nSPS) is 15.8. The first kappa shape index (κ1) is 14.9. The number of rotatable bonds is 5. The molecule has 0 aliphatic heterocycles. The molecule has 2 rings (SSSR count). The molecular formula is C13H15F2N3OS. The zero-order valence-corrected chi connectivity index (χ0v) is 11.9. The standard InChI is InChI=1S/C13H15F2N3OS/c1-9(20-2)13(19,6-18-8-16-7-17-18)11-4-3-10(14)5-12(11)15/h3-5,7-9,19H,6H2,1-2H3/t9-,13+/m0/s1. The molecule has 1 N–H and O–H groups in total. The lowest BCUT2D eigenvalue weighted by atomic mass is 9.90. The van der Waals surface area contributed by atoms with E-state index in [1.165, 1.54) is 35.2 Å². The predicted octanol–water partition coefficient (Wildman–Crippen LogP) is 2.20. The van der Waals surface area contributed by atoms with Crippen molar-refractivity contribution in [3.63, 3.8) is 0 Å². The van der Waals surface area contributed by atoms with E-state index in [4.69, 9.17) is 0 Å². The van der Waals surface area contributed by atoms with Gasteiger partial charge in [-0.15, -0.1) is 0 Å². The zero-order chi connectivity index (χ0) is 14.8. The first-order chi connectivity index (χ1) is 9.47. The van der Waals surface area contributed by atoms with Gasteiger partial charge >= 0.3 is 0 Å². The molecule has 1 aromatic heterocycles. The van der Waals surface area contributed by atoms with Gasteiger partial charge < -0.3 is 5.11 Å². The number of nitrogens with zero attached hydrogens (tertiary/aromatic N) is 3. The Morgan fingerprint density at radius 1 is 1.45 bits per heavy atom. The predicted molar refractivity (Wildman–Crippen MR) is 73.3 cm³/mol. The maximum Gasteiger partial charge on any atom is 0.137 e. The first-order valence-electron chi connectivity index (χ1n) is 6.00. The van der Waals surface area contributed by atoms with Crippen molar-refractivity contribution in [3.8, 4) is 0 Å². The van der Waals surface area contributed by atoms with E-state index in [1.807, 2.05) is 6.26 Å². The minimum atomic E-state index is -1.51. The van der Waals surface area contributed by atoms with E-state index < -0.39 is 17.2 Å². The lowest BCUT2D eigenvalue weighted by Gasteiger charge is -2.33. The van der Waals surface area contributed by atoms with E-state index in [9.17, 15) is 13.9 Å². The maximum atomic E-state index is 14.0. The van der Waals surface area contributed by atoms with Gasteiger partial charge in [-0.05, 0) is 12.3 Å². The van der Waals surface area contributed by atoms with Crippen molar-refractivity contribution in [2.75, 3.05) is 6.26 Å². The fourth-order valence-electron chi connectivity index (χ4n) is 2.03. The number of aliphatic hydroxyl groups is 1. The summed E-state index contributed by atoms with van der Waals surface area (Å²) in [4.78, 5) is 3.80. The molecule has 0 aliphatic rings. The molecule has 0 spiro atoms. The summed E-state index contributed by atoms with van der Waals surface area (Å²) in [5, 5.41) is 14.5. The van der Waals surface area contributed by atoms with Gasteiger partial charge in [0.05, 0.1) is 6.54 Å². The molecule has 20 heavy (non-hydrogen) atoms. The summed E-state index contributed by atoms with van der Waals surface area (Å²) < 4.78 is 28.5. The van der Waals surface area contributed by atoms with Crippen LogP contribution in [0.4, 0.5) is 8.78 Å². The third-order valence-corrected chi connectivity index (χ3v) is 4.39. The molecule has 1 aromatic carbocycles. The Hall–Kier alpha value is -1.47. The van der Waals surface area contributed by atoms with E-state index in [2.05, 4.69) is 10.1 Å². The van der Waals surface area contributed by atoms with Gasteiger partial charge in [0.25, 0.3) is 0 Å². The summed E-state index contributed by atoms with van der Waals surface area (Å²) in [6.45, 7) is 1.82. The lowest BCUT2D eigenvalue weighted by Crippen LogP contribution is -2.41. The Bertz CT molecular complexity index is 579. The summed E-state index contributed by atoms with van der Waals surface area (Å²) in [5.41, 5.74) is -1.46. The summed E-state index contributed by atoms with van der Waals surface area (Å²) >= 11 is 1.39. The number of hydrogen-bond donors (Lipinski definition) is 1. The summed E-state index contributed by atoms with van der Waals surface area (Å²) in [7, 11) is 0. The van der Waals surface area contributed by atoms with Crippen molar-refractivity contribution in [2.45, 2.75) is 24.3 Å². The number of hydrogen-bond acceptors (Lipinski definition) is 4. The summed E-state index contributed by atoms with van der Waals surface area (Å²) in [6.07, 6.45) is 4.60. The Labute approximate surface area is 119 Å². The second-order valence-electron chi connectivity index (χ2n) is 4.52. The van der Waals surface area contributed by atoms with E-state index in [1.54, 1.807) is 6.92 Å². The molecule has 2 atom stereocenters. The van der Waals surface area contributed by atoms with Crippen LogP contribution >= 0.6 is 11.8 Å². The van der Waals surface area contributed by atoms with Gasteiger partial charge in [-0.1, -0.05) is 13.0 Å². The van der Waals surface area contributed by atoms with Crippen LogP contribution in [0.5, 0.6) is 0 Å². The Balaban J connectivity index is 2.45. The van der Waals surface area contributed by atoms with Gasteiger partial charge in [0.1, 0.15) is 29.9 Å². The largest absolute Gasteiger partial charge is 0.382 e. The van der Waals surface area contributed by atoms with Crippen LogP contribution in [0.3, 0.4) is 0 Å². The number of halogens is 2. The van der Waals surface area contributed by atoms with Gasteiger partial charge in [-0.2, -0.15) is 16.9 Å². The van der Waals surface area contributed by atoms with Crippen LogP contribution in [0.2, 0.25) is 0 Å². The monoisotopic (exact) mass is 299 g/mol. The number of benzene rings is 1. The van der Waals surface area contributed by atoms with Gasteiger partial charge in [0, 0.05) is 16.9 Å². The smallest absolute Gasteiger partial charge is 0.137 e. The molecule has 7 heteroatoms. The van der Waals surface area contributed by atoms with Crippen LogP contribution < -0.4 is 0 Å². The van der Waals surface area contributed by atoms with Crippen LogP contribution in [-0.2, 0) is 12.1 Å². The van der Waals surface area contributed by atoms with Crippen molar-refractivity contribution >= 4 is 11.8 Å². The van der Waals surface area contributed by atoms with Crippen LogP contribution in [0.15, 0.2) is 30.9 Å². The molecule has 0 unspecified atom stereocenters. The highest BCUT2D eigenvalue weighted by Crippen LogP contribution is 2.35. The summed E-state index contributed by atoms with van der Waals surface area (Å²) in [6, 6.07) is 3.18. The van der Waals surface area contributed by atoms with Crippen molar-refractivity contribution in [3.05, 3.63) is 48.1 Å². The quantitative estimate of drug-likeness (QED) is 0.919. The van der Waals surface area contributed by atoms with Crippen molar-refractivity contribution in [1.82, 2.24) is 14.8 Å². The van der Waals surface area contributed by atoms with Gasteiger partial charge in [-0.25, -0.2) is 18.4 Å². The molecule has 0 amide bonds. The summed E-state index contributed by atoms with van der Waals surface area (Å²) in [5.74, 6) is -1.44. The Morgan fingerprint density at radius 2 is 2.20 bits per heavy atom. The molecule has 0 fully saturated rings. The Kier molecular flexibility index (Phi) is 4.39. The van der Waals surface area contributed by atoms with Crippen LogP contribution in [0.1, 0.15) is 12.5 Å². The van der Waals surface area contributed by atoms with Crippen molar-refractivity contribution < 1.29 is 13.9 Å². The fourth-order valence-corrected chi connectivity index (χ4v) is 2.62. The van der Waals surface area contributed by atoms with Crippen molar-refractivity contribution in [2.24, 2.45) is 0 Å². The Morgan fingerprint density at radius 3 is 2.75 bits per heavy atom. The third-order valence-electron chi connectivity index (χ3n) is 3.29. The maximum absolute atomic E-state index is 14.0. The van der Waals surface area contributed by atoms with Gasteiger partial charge in [-0.3, -0.25) is 0 Å². The fraction of sp³-hybridized carbons (Fsp3) is 0.385. The first-order valence-corrected chi connectivity index (χ1v) is 7.29. The molecule has 0 radical (unpaired) electrons. The van der Waals surface area contributed by atoms with Crippen molar-refractivity contribution in [1.29, 1.82) is 0 Å². The highest BCUT2D eigenvalue weighted by Gasteiger charge is 2.38. The second kappa shape index (κ2) is 5.88. The van der Waals surface area contributed by atoms with Crippen LogP contribution in [0, 0.1) is 11.6 Å². The molecular weight excluding hydrogens is 284 g/mol. The molecule has 0 saturated heterocycles. The van der Waals surface area contributed by atoms with E-state index in [0.29, 0.717) is 0 Å².